The van der Waals surface area contributed by atoms with Crippen LogP contribution in [0.2, 0.25) is 0 Å². The van der Waals surface area contributed by atoms with Crippen molar-refractivity contribution in [3.05, 3.63) is 59.2 Å². The van der Waals surface area contributed by atoms with E-state index in [9.17, 15) is 4.79 Å². The van der Waals surface area contributed by atoms with E-state index in [1.54, 1.807) is 6.07 Å². The molecule has 0 bridgehead atoms. The number of carbonyl (C=O) groups excluding carboxylic acids is 1. The lowest BCUT2D eigenvalue weighted by Gasteiger charge is -2.38. The molecule has 1 N–H and O–H groups in total. The Hall–Kier alpha value is -2.49. The summed E-state index contributed by atoms with van der Waals surface area (Å²) < 4.78 is 11.9. The van der Waals surface area contributed by atoms with E-state index in [1.165, 1.54) is 0 Å². The maximum absolute atomic E-state index is 13.0. The molecule has 0 saturated heterocycles. The summed E-state index contributed by atoms with van der Waals surface area (Å²) in [5.74, 6) is 1.32. The molecule has 0 saturated carbocycles. The van der Waals surface area contributed by atoms with Gasteiger partial charge >= 0.3 is 0 Å². The molecule has 4 heteroatoms. The Balaban J connectivity index is 1.88. The summed E-state index contributed by atoms with van der Waals surface area (Å²) in [5.41, 5.74) is 2.37. The molecule has 1 amide bonds. The smallest absolute Gasteiger partial charge is 0.255 e. The van der Waals surface area contributed by atoms with Crippen molar-refractivity contribution in [1.82, 2.24) is 5.32 Å². The van der Waals surface area contributed by atoms with Gasteiger partial charge in [0.1, 0.15) is 17.1 Å². The zero-order valence-corrected chi connectivity index (χ0v) is 16.1. The second-order valence-corrected chi connectivity index (χ2v) is 7.80. The summed E-state index contributed by atoms with van der Waals surface area (Å²) in [7, 11) is 0. The van der Waals surface area contributed by atoms with Crippen molar-refractivity contribution in [1.29, 1.82) is 0 Å². The monoisotopic (exact) mass is 353 g/mol. The summed E-state index contributed by atoms with van der Waals surface area (Å²) in [6, 6.07) is 13.4. The Morgan fingerprint density at radius 3 is 2.69 bits per heavy atom. The first-order valence-corrected chi connectivity index (χ1v) is 9.11. The molecule has 0 radical (unpaired) electrons. The van der Waals surface area contributed by atoms with E-state index >= 15 is 0 Å². The molecule has 2 aromatic carbocycles. The van der Waals surface area contributed by atoms with Crippen LogP contribution < -0.4 is 14.8 Å². The Morgan fingerprint density at radius 2 is 1.96 bits per heavy atom. The van der Waals surface area contributed by atoms with Gasteiger partial charge in [0.05, 0.1) is 17.7 Å². The van der Waals surface area contributed by atoms with Gasteiger partial charge in [-0.1, -0.05) is 24.3 Å². The van der Waals surface area contributed by atoms with E-state index < -0.39 is 0 Å². The van der Waals surface area contributed by atoms with Gasteiger partial charge in [0, 0.05) is 12.0 Å². The highest BCUT2D eigenvalue weighted by Crippen LogP contribution is 2.40. The number of nitrogens with one attached hydrogen (secondary N) is 1. The van der Waals surface area contributed by atoms with Gasteiger partial charge in [-0.15, -0.1) is 0 Å². The Bertz CT molecular complexity index is 811. The predicted octanol–water partition coefficient (Wildman–Crippen LogP) is 4.81. The van der Waals surface area contributed by atoms with Crippen LogP contribution >= 0.6 is 0 Å². The largest absolute Gasteiger partial charge is 0.490 e. The third-order valence-corrected chi connectivity index (χ3v) is 4.43. The van der Waals surface area contributed by atoms with Crippen molar-refractivity contribution >= 4 is 5.91 Å². The molecule has 3 rings (SSSR count). The van der Waals surface area contributed by atoms with Gasteiger partial charge in [0.25, 0.3) is 5.91 Å². The SMILES string of the molecule is Cc1ccc2c(c1)OC(C)(C)C[C@@H]2NC(=O)c1ccccc1OC(C)C. The summed E-state index contributed by atoms with van der Waals surface area (Å²) in [6.45, 7) is 10.0. The van der Waals surface area contributed by atoms with Crippen LogP contribution in [0.25, 0.3) is 0 Å². The Labute approximate surface area is 155 Å². The maximum Gasteiger partial charge on any atom is 0.255 e. The number of ether oxygens (including phenoxy) is 2. The molecule has 0 aliphatic carbocycles. The molecule has 4 nitrogen and oxygen atoms in total. The highest BCUT2D eigenvalue weighted by Gasteiger charge is 2.35. The van der Waals surface area contributed by atoms with E-state index in [1.807, 2.05) is 65.0 Å². The van der Waals surface area contributed by atoms with Crippen LogP contribution in [0.15, 0.2) is 42.5 Å². The van der Waals surface area contributed by atoms with Gasteiger partial charge in [-0.05, 0) is 58.4 Å². The normalized spacial score (nSPS) is 18.0. The van der Waals surface area contributed by atoms with Crippen LogP contribution in [0, 0.1) is 6.92 Å². The van der Waals surface area contributed by atoms with Crippen LogP contribution in [0.3, 0.4) is 0 Å². The molecule has 1 atom stereocenters. The lowest BCUT2D eigenvalue weighted by atomic mass is 9.89. The van der Waals surface area contributed by atoms with Gasteiger partial charge < -0.3 is 14.8 Å². The summed E-state index contributed by atoms with van der Waals surface area (Å²) >= 11 is 0. The number of benzene rings is 2. The van der Waals surface area contributed by atoms with Crippen molar-refractivity contribution < 1.29 is 14.3 Å². The van der Waals surface area contributed by atoms with Crippen molar-refractivity contribution in [2.45, 2.75) is 58.8 Å². The second kappa shape index (κ2) is 7.02. The van der Waals surface area contributed by atoms with Crippen LogP contribution in [0.4, 0.5) is 0 Å². The lowest BCUT2D eigenvalue weighted by Crippen LogP contribution is -2.41. The number of rotatable bonds is 4. The van der Waals surface area contributed by atoms with Crippen molar-refractivity contribution in [3.63, 3.8) is 0 Å². The van der Waals surface area contributed by atoms with Gasteiger partial charge in [-0.3, -0.25) is 4.79 Å². The van der Waals surface area contributed by atoms with E-state index in [0.29, 0.717) is 17.7 Å². The fraction of sp³-hybridized carbons (Fsp3) is 0.409. The van der Waals surface area contributed by atoms with Crippen LogP contribution in [-0.2, 0) is 0 Å². The number of amides is 1. The standard InChI is InChI=1S/C22H27NO3/c1-14(2)25-19-9-7-6-8-17(19)21(24)23-18-13-22(4,5)26-20-12-15(3)10-11-16(18)20/h6-12,14,18H,13H2,1-5H3,(H,23,24)/t18-/m0/s1. The zero-order chi connectivity index (χ0) is 18.9. The fourth-order valence-corrected chi connectivity index (χ4v) is 3.33. The molecule has 0 aromatic heterocycles. The minimum absolute atomic E-state index is 0.00895. The van der Waals surface area contributed by atoms with Crippen LogP contribution in [0.1, 0.15) is 61.6 Å². The van der Waals surface area contributed by atoms with Crippen molar-refractivity contribution in [3.8, 4) is 11.5 Å². The average Bonchev–Trinajstić information content (AvgIpc) is 2.53. The van der Waals surface area contributed by atoms with Crippen molar-refractivity contribution in [2.24, 2.45) is 0 Å². The summed E-state index contributed by atoms with van der Waals surface area (Å²) in [4.78, 5) is 13.0. The third kappa shape index (κ3) is 4.01. The predicted molar refractivity (Wildman–Crippen MR) is 103 cm³/mol. The quantitative estimate of drug-likeness (QED) is 0.858. The highest BCUT2D eigenvalue weighted by molar-refractivity contribution is 5.97. The first-order chi connectivity index (χ1) is 12.2. The molecular weight excluding hydrogens is 326 g/mol. The number of fused-ring (bicyclic) bond motifs is 1. The van der Waals surface area contributed by atoms with E-state index in [0.717, 1.165) is 16.9 Å². The number of carbonyl (C=O) groups is 1. The van der Waals surface area contributed by atoms with Crippen LogP contribution in [-0.4, -0.2) is 17.6 Å². The maximum atomic E-state index is 13.0. The van der Waals surface area contributed by atoms with Gasteiger partial charge in [0.15, 0.2) is 0 Å². The van der Waals surface area contributed by atoms with Gasteiger partial charge in [-0.2, -0.15) is 0 Å². The summed E-state index contributed by atoms with van der Waals surface area (Å²) in [5, 5.41) is 3.18. The molecule has 26 heavy (non-hydrogen) atoms. The molecule has 1 aliphatic heterocycles. The van der Waals surface area contributed by atoms with E-state index in [-0.39, 0.29) is 23.7 Å². The van der Waals surface area contributed by atoms with Gasteiger partial charge in [0.2, 0.25) is 0 Å². The average molecular weight is 353 g/mol. The highest BCUT2D eigenvalue weighted by atomic mass is 16.5. The third-order valence-electron chi connectivity index (χ3n) is 4.43. The van der Waals surface area contributed by atoms with Gasteiger partial charge in [-0.25, -0.2) is 0 Å². The number of para-hydroxylation sites is 1. The molecule has 1 heterocycles. The zero-order valence-electron chi connectivity index (χ0n) is 16.1. The molecule has 138 valence electrons. The van der Waals surface area contributed by atoms with E-state index in [2.05, 4.69) is 11.4 Å². The molecular formula is C22H27NO3. The first kappa shape index (κ1) is 18.3. The number of hydrogen-bond acceptors (Lipinski definition) is 3. The minimum Gasteiger partial charge on any atom is -0.490 e. The minimum atomic E-state index is -0.341. The topological polar surface area (TPSA) is 47.6 Å². The van der Waals surface area contributed by atoms with Crippen molar-refractivity contribution in [2.75, 3.05) is 0 Å². The van der Waals surface area contributed by atoms with Crippen LogP contribution in [0.5, 0.6) is 11.5 Å². The second-order valence-electron chi connectivity index (χ2n) is 7.80. The fourth-order valence-electron chi connectivity index (χ4n) is 3.33. The number of hydrogen-bond donors (Lipinski definition) is 1. The first-order valence-electron chi connectivity index (χ1n) is 9.11. The Kier molecular flexibility index (Phi) is 4.94. The molecule has 2 aromatic rings. The number of aryl methyl sites for hydroxylation is 1. The Morgan fingerprint density at radius 1 is 1.23 bits per heavy atom. The lowest BCUT2D eigenvalue weighted by molar-refractivity contribution is 0.0618. The molecule has 0 fully saturated rings. The summed E-state index contributed by atoms with van der Waals surface area (Å²) in [6.07, 6.45) is 0.719. The molecule has 0 unspecified atom stereocenters. The molecule has 0 spiro atoms. The van der Waals surface area contributed by atoms with E-state index in [4.69, 9.17) is 9.47 Å². The molecule has 1 aliphatic rings.